The summed E-state index contributed by atoms with van der Waals surface area (Å²) in [6.45, 7) is 3.24. The van der Waals surface area contributed by atoms with Gasteiger partial charge in [0, 0.05) is 24.9 Å². The Morgan fingerprint density at radius 2 is 1.91 bits per heavy atom. The second-order valence-corrected chi connectivity index (χ2v) is 6.32. The molecule has 0 bridgehead atoms. The SMILES string of the molecule is Cc1noc(C2CN(C(=O)C3CC3)CC2c2ccccc2)n1. The van der Waals surface area contributed by atoms with Gasteiger partial charge in [-0.2, -0.15) is 4.98 Å². The van der Waals surface area contributed by atoms with E-state index in [1.165, 1.54) is 5.56 Å². The standard InChI is InChI=1S/C17H19N3O2/c1-11-18-16(22-19-11)15-10-20(17(21)13-7-8-13)9-14(15)12-5-3-2-4-6-12/h2-6,13-15H,7-10H2,1H3. The molecule has 0 radical (unpaired) electrons. The van der Waals surface area contributed by atoms with Gasteiger partial charge in [0.15, 0.2) is 5.82 Å². The summed E-state index contributed by atoms with van der Waals surface area (Å²) in [5.41, 5.74) is 1.23. The van der Waals surface area contributed by atoms with Crippen molar-refractivity contribution < 1.29 is 9.32 Å². The fourth-order valence-electron chi connectivity index (χ4n) is 3.32. The van der Waals surface area contributed by atoms with Gasteiger partial charge in [0.05, 0.1) is 5.92 Å². The number of hydrogen-bond donors (Lipinski definition) is 0. The molecular formula is C17H19N3O2. The number of rotatable bonds is 3. The van der Waals surface area contributed by atoms with Gasteiger partial charge in [-0.1, -0.05) is 35.5 Å². The van der Waals surface area contributed by atoms with Crippen molar-refractivity contribution in [2.45, 2.75) is 31.6 Å². The lowest BCUT2D eigenvalue weighted by atomic mass is 9.89. The predicted molar refractivity (Wildman–Crippen MR) is 80.3 cm³/mol. The van der Waals surface area contributed by atoms with E-state index in [0.29, 0.717) is 24.2 Å². The average Bonchev–Trinajstić information content (AvgIpc) is 3.15. The van der Waals surface area contributed by atoms with E-state index in [9.17, 15) is 4.79 Å². The van der Waals surface area contributed by atoms with E-state index < -0.39 is 0 Å². The highest BCUT2D eigenvalue weighted by Crippen LogP contribution is 2.41. The summed E-state index contributed by atoms with van der Waals surface area (Å²) in [7, 11) is 0. The van der Waals surface area contributed by atoms with Crippen LogP contribution in [0.3, 0.4) is 0 Å². The smallest absolute Gasteiger partial charge is 0.232 e. The summed E-state index contributed by atoms with van der Waals surface area (Å²) in [4.78, 5) is 18.8. The van der Waals surface area contributed by atoms with Crippen LogP contribution in [0, 0.1) is 12.8 Å². The van der Waals surface area contributed by atoms with Crippen molar-refractivity contribution in [1.82, 2.24) is 15.0 Å². The first-order valence-corrected chi connectivity index (χ1v) is 7.86. The number of nitrogens with zero attached hydrogens (tertiary/aromatic N) is 3. The van der Waals surface area contributed by atoms with E-state index in [0.717, 1.165) is 19.4 Å². The number of benzene rings is 1. The maximum atomic E-state index is 12.4. The van der Waals surface area contributed by atoms with Gasteiger partial charge in [-0.3, -0.25) is 4.79 Å². The fourth-order valence-corrected chi connectivity index (χ4v) is 3.32. The third-order valence-electron chi connectivity index (χ3n) is 4.65. The van der Waals surface area contributed by atoms with Crippen LogP contribution in [0.15, 0.2) is 34.9 Å². The summed E-state index contributed by atoms with van der Waals surface area (Å²) in [5, 5.41) is 3.92. The third kappa shape index (κ3) is 2.40. The molecule has 1 aliphatic carbocycles. The molecule has 1 amide bonds. The van der Waals surface area contributed by atoms with Crippen molar-refractivity contribution in [2.24, 2.45) is 5.92 Å². The van der Waals surface area contributed by atoms with Crippen LogP contribution in [-0.2, 0) is 4.79 Å². The Morgan fingerprint density at radius 1 is 1.18 bits per heavy atom. The number of carbonyl (C=O) groups excluding carboxylic acids is 1. The molecule has 1 aromatic heterocycles. The number of aryl methyl sites for hydroxylation is 1. The number of amides is 1. The van der Waals surface area contributed by atoms with E-state index in [4.69, 9.17) is 4.52 Å². The fraction of sp³-hybridized carbons (Fsp3) is 0.471. The maximum absolute atomic E-state index is 12.4. The van der Waals surface area contributed by atoms with E-state index >= 15 is 0 Å². The van der Waals surface area contributed by atoms with Gasteiger partial charge in [0.2, 0.25) is 11.8 Å². The highest BCUT2D eigenvalue weighted by atomic mass is 16.5. The average molecular weight is 297 g/mol. The summed E-state index contributed by atoms with van der Waals surface area (Å²) in [5.74, 6) is 2.15. The molecule has 1 saturated heterocycles. The lowest BCUT2D eigenvalue weighted by Crippen LogP contribution is -2.30. The normalized spacial score (nSPS) is 24.7. The highest BCUT2D eigenvalue weighted by molar-refractivity contribution is 5.81. The molecule has 0 N–H and O–H groups in total. The second kappa shape index (κ2) is 5.23. The predicted octanol–water partition coefficient (Wildman–Crippen LogP) is 2.50. The van der Waals surface area contributed by atoms with Crippen LogP contribution < -0.4 is 0 Å². The van der Waals surface area contributed by atoms with Gasteiger partial charge < -0.3 is 9.42 Å². The van der Waals surface area contributed by atoms with Crippen LogP contribution in [0.2, 0.25) is 0 Å². The molecule has 114 valence electrons. The minimum atomic E-state index is 0.0892. The number of likely N-dealkylation sites (tertiary alicyclic amines) is 1. The largest absolute Gasteiger partial charge is 0.341 e. The molecule has 1 aromatic carbocycles. The zero-order valence-electron chi connectivity index (χ0n) is 12.6. The molecule has 2 aliphatic rings. The zero-order valence-corrected chi connectivity index (χ0v) is 12.6. The molecule has 2 atom stereocenters. The third-order valence-corrected chi connectivity index (χ3v) is 4.65. The molecule has 1 aliphatic heterocycles. The van der Waals surface area contributed by atoms with Crippen LogP contribution in [0.1, 0.15) is 42.0 Å². The van der Waals surface area contributed by atoms with Crippen molar-refractivity contribution in [3.63, 3.8) is 0 Å². The highest BCUT2D eigenvalue weighted by Gasteiger charge is 2.43. The Balaban J connectivity index is 1.64. The molecule has 2 aromatic rings. The number of hydrogen-bond acceptors (Lipinski definition) is 4. The Morgan fingerprint density at radius 3 is 2.55 bits per heavy atom. The summed E-state index contributed by atoms with van der Waals surface area (Å²) in [6.07, 6.45) is 2.07. The summed E-state index contributed by atoms with van der Waals surface area (Å²) >= 11 is 0. The molecule has 1 saturated carbocycles. The molecule has 22 heavy (non-hydrogen) atoms. The van der Waals surface area contributed by atoms with Gasteiger partial charge >= 0.3 is 0 Å². The van der Waals surface area contributed by atoms with Crippen LogP contribution in [-0.4, -0.2) is 34.0 Å². The van der Waals surface area contributed by atoms with Crippen LogP contribution >= 0.6 is 0 Å². The topological polar surface area (TPSA) is 59.2 Å². The Bertz CT molecular complexity index is 678. The van der Waals surface area contributed by atoms with E-state index in [1.54, 1.807) is 0 Å². The van der Waals surface area contributed by atoms with Gasteiger partial charge in [-0.15, -0.1) is 0 Å². The molecule has 2 unspecified atom stereocenters. The van der Waals surface area contributed by atoms with E-state index in [1.807, 2.05) is 30.0 Å². The Labute approximate surface area is 129 Å². The number of aromatic nitrogens is 2. The first-order chi connectivity index (χ1) is 10.7. The van der Waals surface area contributed by atoms with E-state index in [2.05, 4.69) is 22.3 Å². The van der Waals surface area contributed by atoms with Crippen LogP contribution in [0.4, 0.5) is 0 Å². The quantitative estimate of drug-likeness (QED) is 0.873. The first-order valence-electron chi connectivity index (χ1n) is 7.86. The van der Waals surface area contributed by atoms with Crippen molar-refractivity contribution in [3.05, 3.63) is 47.6 Å². The van der Waals surface area contributed by atoms with Crippen molar-refractivity contribution >= 4 is 5.91 Å². The molecule has 2 fully saturated rings. The molecule has 4 rings (SSSR count). The van der Waals surface area contributed by atoms with Gasteiger partial charge in [0.25, 0.3) is 0 Å². The maximum Gasteiger partial charge on any atom is 0.232 e. The molecule has 0 spiro atoms. The van der Waals surface area contributed by atoms with Crippen molar-refractivity contribution in [3.8, 4) is 0 Å². The van der Waals surface area contributed by atoms with Crippen molar-refractivity contribution in [2.75, 3.05) is 13.1 Å². The van der Waals surface area contributed by atoms with Gasteiger partial charge in [0.1, 0.15) is 0 Å². The number of carbonyl (C=O) groups is 1. The van der Waals surface area contributed by atoms with Crippen LogP contribution in [0.5, 0.6) is 0 Å². The summed E-state index contributed by atoms with van der Waals surface area (Å²) in [6, 6.07) is 10.3. The zero-order chi connectivity index (χ0) is 15.1. The van der Waals surface area contributed by atoms with Gasteiger partial charge in [-0.25, -0.2) is 0 Å². The Kier molecular flexibility index (Phi) is 3.21. The molecule has 5 heteroatoms. The minimum absolute atomic E-state index is 0.0892. The first kappa shape index (κ1) is 13.5. The Hall–Kier alpha value is -2.17. The molecule has 5 nitrogen and oxygen atoms in total. The summed E-state index contributed by atoms with van der Waals surface area (Å²) < 4.78 is 5.41. The second-order valence-electron chi connectivity index (χ2n) is 6.32. The molecular weight excluding hydrogens is 278 g/mol. The van der Waals surface area contributed by atoms with Crippen LogP contribution in [0.25, 0.3) is 0 Å². The van der Waals surface area contributed by atoms with Gasteiger partial charge in [-0.05, 0) is 25.3 Å². The van der Waals surface area contributed by atoms with E-state index in [-0.39, 0.29) is 17.8 Å². The molecule has 2 heterocycles. The van der Waals surface area contributed by atoms with Crippen molar-refractivity contribution in [1.29, 1.82) is 0 Å². The minimum Gasteiger partial charge on any atom is -0.341 e. The lowest BCUT2D eigenvalue weighted by molar-refractivity contribution is -0.131. The monoisotopic (exact) mass is 297 g/mol. The lowest BCUT2D eigenvalue weighted by Gasteiger charge is -2.16.